The van der Waals surface area contributed by atoms with E-state index >= 15 is 0 Å². The van der Waals surface area contributed by atoms with Crippen molar-refractivity contribution < 1.29 is 4.79 Å². The van der Waals surface area contributed by atoms with Gasteiger partial charge < -0.3 is 5.32 Å². The smallest absolute Gasteiger partial charge is 0.221 e. The molecule has 0 fully saturated rings. The first-order valence-electron chi connectivity index (χ1n) is 6.61. The molecule has 3 heteroatoms. The predicted molar refractivity (Wildman–Crippen MR) is 84.5 cm³/mol. The fourth-order valence-electron chi connectivity index (χ4n) is 2.22. The Morgan fingerprint density at radius 1 is 1.21 bits per heavy atom. The lowest BCUT2D eigenvalue weighted by Gasteiger charge is -2.30. The molecule has 0 atom stereocenters. The lowest BCUT2D eigenvalue weighted by atomic mass is 9.88. The molecule has 0 aliphatic heterocycles. The molecule has 106 valence electrons. The minimum Gasteiger partial charge on any atom is -0.347 e. The molecule has 0 aliphatic rings. The first-order valence-corrected chi connectivity index (χ1v) is 7.73. The van der Waals surface area contributed by atoms with Crippen LogP contribution in [0.1, 0.15) is 45.2 Å². The number of rotatable bonds is 5. The third-order valence-corrected chi connectivity index (χ3v) is 4.79. The maximum Gasteiger partial charge on any atom is 0.221 e. The van der Waals surface area contributed by atoms with Gasteiger partial charge in [-0.2, -0.15) is 0 Å². The minimum atomic E-state index is -0.342. The molecule has 0 saturated carbocycles. The normalized spacial score (nSPS) is 12.3. The molecule has 0 saturated heterocycles. The number of alkyl halides is 1. The van der Waals surface area contributed by atoms with Crippen molar-refractivity contribution >= 4 is 21.8 Å². The predicted octanol–water partition coefficient (Wildman–Crippen LogP) is 4.16. The zero-order valence-electron chi connectivity index (χ0n) is 12.5. The largest absolute Gasteiger partial charge is 0.347 e. The molecule has 0 unspecified atom stereocenters. The standard InChI is InChI=1S/C16H24BrNO/c1-12-8-6-7-9-13(12)16(4,5)18-14(19)10-15(2,3)11-17/h6-9H,10-11H2,1-5H3,(H,18,19). The van der Waals surface area contributed by atoms with Gasteiger partial charge in [-0.15, -0.1) is 0 Å². The topological polar surface area (TPSA) is 29.1 Å². The fraction of sp³-hybridized carbons (Fsp3) is 0.562. The zero-order valence-corrected chi connectivity index (χ0v) is 14.1. The van der Waals surface area contributed by atoms with E-state index in [0.717, 1.165) is 5.33 Å². The van der Waals surface area contributed by atoms with E-state index in [1.807, 2.05) is 26.0 Å². The van der Waals surface area contributed by atoms with Crippen LogP contribution in [0.3, 0.4) is 0 Å². The minimum absolute atomic E-state index is 0.0219. The molecule has 0 aliphatic carbocycles. The molecule has 0 bridgehead atoms. The van der Waals surface area contributed by atoms with Gasteiger partial charge in [-0.25, -0.2) is 0 Å². The van der Waals surface area contributed by atoms with Crippen molar-refractivity contribution in [3.05, 3.63) is 35.4 Å². The van der Waals surface area contributed by atoms with Gasteiger partial charge in [0.15, 0.2) is 0 Å². The third kappa shape index (κ3) is 4.64. The number of nitrogens with one attached hydrogen (secondary N) is 1. The highest BCUT2D eigenvalue weighted by Crippen LogP contribution is 2.26. The number of carbonyl (C=O) groups is 1. The van der Waals surface area contributed by atoms with E-state index in [1.54, 1.807) is 0 Å². The van der Waals surface area contributed by atoms with E-state index in [-0.39, 0.29) is 16.9 Å². The molecule has 1 rings (SSSR count). The summed E-state index contributed by atoms with van der Waals surface area (Å²) < 4.78 is 0. The van der Waals surface area contributed by atoms with Crippen molar-refractivity contribution in [3.8, 4) is 0 Å². The maximum atomic E-state index is 12.2. The molecule has 0 heterocycles. The van der Waals surface area contributed by atoms with E-state index in [2.05, 4.69) is 54.2 Å². The maximum absolute atomic E-state index is 12.2. The number of hydrogen-bond donors (Lipinski definition) is 1. The summed E-state index contributed by atoms with van der Waals surface area (Å²) >= 11 is 3.46. The summed E-state index contributed by atoms with van der Waals surface area (Å²) in [6.45, 7) is 10.3. The summed E-state index contributed by atoms with van der Waals surface area (Å²) in [5.41, 5.74) is 2.00. The molecule has 19 heavy (non-hydrogen) atoms. The van der Waals surface area contributed by atoms with Crippen molar-refractivity contribution in [2.24, 2.45) is 5.41 Å². The summed E-state index contributed by atoms with van der Waals surface area (Å²) in [5.74, 6) is 0.0951. The van der Waals surface area contributed by atoms with E-state index in [0.29, 0.717) is 6.42 Å². The summed E-state index contributed by atoms with van der Waals surface area (Å²) in [7, 11) is 0. The Hall–Kier alpha value is -0.830. The van der Waals surface area contributed by atoms with Gasteiger partial charge in [0.2, 0.25) is 5.91 Å². The molecule has 1 amide bonds. The van der Waals surface area contributed by atoms with E-state index in [9.17, 15) is 4.79 Å². The third-order valence-electron chi connectivity index (χ3n) is 3.27. The molecule has 0 spiro atoms. The van der Waals surface area contributed by atoms with Gasteiger partial charge in [-0.05, 0) is 37.3 Å². The van der Waals surface area contributed by atoms with Gasteiger partial charge in [0.25, 0.3) is 0 Å². The molecule has 1 N–H and O–H groups in total. The molecule has 0 radical (unpaired) electrons. The van der Waals surface area contributed by atoms with Crippen molar-refractivity contribution in [1.29, 1.82) is 0 Å². The molecule has 0 aromatic heterocycles. The van der Waals surface area contributed by atoms with Crippen LogP contribution < -0.4 is 5.32 Å². The van der Waals surface area contributed by atoms with Crippen molar-refractivity contribution in [2.45, 2.75) is 46.6 Å². The van der Waals surface area contributed by atoms with E-state index in [1.165, 1.54) is 11.1 Å². The highest BCUT2D eigenvalue weighted by Gasteiger charge is 2.27. The molecular weight excluding hydrogens is 302 g/mol. The Morgan fingerprint density at radius 2 is 1.79 bits per heavy atom. The Labute approximate surface area is 125 Å². The second kappa shape index (κ2) is 6.08. The van der Waals surface area contributed by atoms with Crippen molar-refractivity contribution in [3.63, 3.8) is 0 Å². The lowest BCUT2D eigenvalue weighted by molar-refractivity contribution is -0.124. The number of carbonyl (C=O) groups excluding carboxylic acids is 1. The zero-order chi connectivity index (χ0) is 14.7. The van der Waals surface area contributed by atoms with Crippen LogP contribution in [0.5, 0.6) is 0 Å². The molecule has 1 aromatic carbocycles. The van der Waals surface area contributed by atoms with Gasteiger partial charge in [0.1, 0.15) is 0 Å². The van der Waals surface area contributed by atoms with E-state index < -0.39 is 0 Å². The van der Waals surface area contributed by atoms with Crippen molar-refractivity contribution in [1.82, 2.24) is 5.32 Å². The van der Waals surface area contributed by atoms with E-state index in [4.69, 9.17) is 0 Å². The van der Waals surface area contributed by atoms with Gasteiger partial charge >= 0.3 is 0 Å². The number of halogens is 1. The molecule has 2 nitrogen and oxygen atoms in total. The fourth-order valence-corrected chi connectivity index (χ4v) is 2.41. The number of aryl methyl sites for hydroxylation is 1. The second-order valence-electron chi connectivity index (χ2n) is 6.46. The highest BCUT2D eigenvalue weighted by molar-refractivity contribution is 9.09. The quantitative estimate of drug-likeness (QED) is 0.809. The number of amides is 1. The average molecular weight is 326 g/mol. The summed E-state index contributed by atoms with van der Waals surface area (Å²) in [6, 6.07) is 8.18. The Kier molecular flexibility index (Phi) is 5.19. The second-order valence-corrected chi connectivity index (χ2v) is 7.02. The first-order chi connectivity index (χ1) is 8.68. The van der Waals surface area contributed by atoms with Crippen LogP contribution in [0.4, 0.5) is 0 Å². The van der Waals surface area contributed by atoms with Gasteiger partial charge in [-0.1, -0.05) is 54.0 Å². The SMILES string of the molecule is Cc1ccccc1C(C)(C)NC(=O)CC(C)(C)CBr. The molecular formula is C16H24BrNO. The average Bonchev–Trinajstić information content (AvgIpc) is 2.27. The summed E-state index contributed by atoms with van der Waals surface area (Å²) in [6.07, 6.45) is 0.521. The van der Waals surface area contributed by atoms with Crippen LogP contribution in [0.2, 0.25) is 0 Å². The van der Waals surface area contributed by atoms with Gasteiger partial charge in [0.05, 0.1) is 5.54 Å². The van der Waals surface area contributed by atoms with Gasteiger partial charge in [-0.3, -0.25) is 4.79 Å². The van der Waals surface area contributed by atoms with Crippen LogP contribution in [-0.2, 0) is 10.3 Å². The monoisotopic (exact) mass is 325 g/mol. The highest BCUT2D eigenvalue weighted by atomic mass is 79.9. The first kappa shape index (κ1) is 16.2. The Balaban J connectivity index is 2.81. The van der Waals surface area contributed by atoms with Crippen LogP contribution >= 0.6 is 15.9 Å². The van der Waals surface area contributed by atoms with Crippen LogP contribution in [0, 0.1) is 12.3 Å². The van der Waals surface area contributed by atoms with Crippen LogP contribution in [-0.4, -0.2) is 11.2 Å². The lowest BCUT2D eigenvalue weighted by Crippen LogP contribution is -2.43. The summed E-state index contributed by atoms with van der Waals surface area (Å²) in [4.78, 5) is 12.2. The van der Waals surface area contributed by atoms with Crippen molar-refractivity contribution in [2.75, 3.05) is 5.33 Å². The molecule has 1 aromatic rings. The Morgan fingerprint density at radius 3 is 2.32 bits per heavy atom. The number of benzene rings is 1. The van der Waals surface area contributed by atoms with Gasteiger partial charge in [0, 0.05) is 11.8 Å². The summed E-state index contributed by atoms with van der Waals surface area (Å²) in [5, 5.41) is 3.96. The van der Waals surface area contributed by atoms with Crippen LogP contribution in [0.15, 0.2) is 24.3 Å². The van der Waals surface area contributed by atoms with Crippen LogP contribution in [0.25, 0.3) is 0 Å². The Bertz CT molecular complexity index is 452. The number of hydrogen-bond acceptors (Lipinski definition) is 1.